The first kappa shape index (κ1) is 69.7. The topological polar surface area (TPSA) is 129 Å². The third kappa shape index (κ3) is 13.6. The van der Waals surface area contributed by atoms with Gasteiger partial charge in [-0.15, -0.1) is 0 Å². The highest BCUT2D eigenvalue weighted by Crippen LogP contribution is 2.51. The third-order valence-corrected chi connectivity index (χ3v) is 21.9. The molecule has 4 aromatic heterocycles. The van der Waals surface area contributed by atoms with Crippen LogP contribution in [0.3, 0.4) is 0 Å². The normalized spacial score (nSPS) is 12.5. The fraction of sp³-hybridized carbons (Fsp3) is 0.0577. The number of aromatic nitrogens is 10. The Balaban J connectivity index is 0.000000153. The lowest BCUT2D eigenvalue weighted by Crippen LogP contribution is -2.15. The molecule has 0 radical (unpaired) electrons. The van der Waals surface area contributed by atoms with E-state index < -0.39 is 0 Å². The van der Waals surface area contributed by atoms with Gasteiger partial charge in [-0.1, -0.05) is 367 Å². The molecule has 2 aliphatic rings. The fourth-order valence-corrected chi connectivity index (χ4v) is 15.9. The molecule has 20 rings (SSSR count). The van der Waals surface area contributed by atoms with E-state index in [0.717, 1.165) is 112 Å². The molecule has 0 fully saturated rings. The lowest BCUT2D eigenvalue weighted by atomic mass is 9.82. The second kappa shape index (κ2) is 29.6. The summed E-state index contributed by atoms with van der Waals surface area (Å²) in [5.41, 5.74) is 29.8. The van der Waals surface area contributed by atoms with Gasteiger partial charge in [-0.25, -0.2) is 49.8 Å². The first-order valence-electron chi connectivity index (χ1n) is 38.5. The standard InChI is InChI=1S/2C52H37N5/c1-52(2)44-24-13-12-23-42(44)43-30-29-41(32-45(43)52)47-33-46(53-48(54-47)35-15-6-3-7-16-35)40-22-14-21-39(31-40)34-25-27-38(28-26-34)51-56-49(36-17-8-4-9-18-36)55-50(57-51)37-19-10-5-11-20-37;1-52(2)44-24-13-12-23-42(44)43-30-29-41(32-45(43)52)51-56-49(37-19-10-5-11-20-37)55-50(57-51)38-27-25-34(26-28-38)39-21-14-22-40(31-39)47-33-46(35-15-6-3-7-16-35)53-48(54-47)36-17-8-4-9-18-36/h2*3-33H,1-2H3. The summed E-state index contributed by atoms with van der Waals surface area (Å²) < 4.78 is 0. The lowest BCUT2D eigenvalue weighted by molar-refractivity contribution is 0.660. The van der Waals surface area contributed by atoms with Crippen LogP contribution in [0.5, 0.6) is 0 Å². The number of nitrogens with zero attached hydrogens (tertiary/aromatic N) is 10. The molecule has 0 bridgehead atoms. The highest BCUT2D eigenvalue weighted by molar-refractivity contribution is 5.87. The van der Waals surface area contributed by atoms with E-state index in [4.69, 9.17) is 49.8 Å². The van der Waals surface area contributed by atoms with Gasteiger partial charge in [0.25, 0.3) is 0 Å². The first-order chi connectivity index (χ1) is 55.9. The van der Waals surface area contributed by atoms with Gasteiger partial charge < -0.3 is 0 Å². The number of rotatable bonds is 14. The molecular formula is C104H74N10. The van der Waals surface area contributed by atoms with Crippen LogP contribution in [0.2, 0.25) is 0 Å². The summed E-state index contributed by atoms with van der Waals surface area (Å²) in [5, 5.41) is 0. The Kier molecular flexibility index (Phi) is 18.1. The van der Waals surface area contributed by atoms with Gasteiger partial charge in [-0.2, -0.15) is 0 Å². The van der Waals surface area contributed by atoms with E-state index in [2.05, 4.69) is 258 Å². The summed E-state index contributed by atoms with van der Waals surface area (Å²) in [7, 11) is 0. The average molecular weight is 1460 g/mol. The van der Waals surface area contributed by atoms with E-state index in [0.29, 0.717) is 46.6 Å². The Morgan fingerprint density at radius 2 is 0.360 bits per heavy atom. The molecule has 0 saturated heterocycles. The number of hydrogen-bond acceptors (Lipinski definition) is 10. The lowest BCUT2D eigenvalue weighted by Gasteiger charge is -2.22. The maximum Gasteiger partial charge on any atom is 0.164 e. The van der Waals surface area contributed by atoms with Crippen molar-refractivity contribution < 1.29 is 0 Å². The molecule has 114 heavy (non-hydrogen) atoms. The molecule has 0 unspecified atom stereocenters. The van der Waals surface area contributed by atoms with E-state index in [1.165, 1.54) is 44.5 Å². The number of benzene rings is 14. The Morgan fingerprint density at radius 1 is 0.140 bits per heavy atom. The van der Waals surface area contributed by atoms with Crippen LogP contribution >= 0.6 is 0 Å². The van der Waals surface area contributed by atoms with E-state index in [1.54, 1.807) is 0 Å². The van der Waals surface area contributed by atoms with Crippen LogP contribution in [0.4, 0.5) is 0 Å². The van der Waals surface area contributed by atoms with Crippen LogP contribution in [0.1, 0.15) is 49.9 Å². The van der Waals surface area contributed by atoms with E-state index in [1.807, 2.05) is 146 Å². The first-order valence-corrected chi connectivity index (χ1v) is 38.5. The van der Waals surface area contributed by atoms with Crippen molar-refractivity contribution in [3.05, 3.63) is 398 Å². The Hall–Kier alpha value is -14.7. The highest BCUT2D eigenvalue weighted by Gasteiger charge is 2.37. The quantitative estimate of drug-likeness (QED) is 0.104. The third-order valence-electron chi connectivity index (χ3n) is 21.9. The molecular weight excluding hydrogens is 1390 g/mol. The molecule has 14 aromatic carbocycles. The monoisotopic (exact) mass is 1460 g/mol. The van der Waals surface area contributed by atoms with Gasteiger partial charge in [0.2, 0.25) is 0 Å². The summed E-state index contributed by atoms with van der Waals surface area (Å²) >= 11 is 0. The predicted molar refractivity (Wildman–Crippen MR) is 462 cm³/mol. The minimum absolute atomic E-state index is 0.109. The van der Waals surface area contributed by atoms with Crippen LogP contribution in [-0.2, 0) is 10.8 Å². The fourth-order valence-electron chi connectivity index (χ4n) is 15.9. The van der Waals surface area contributed by atoms with Crippen LogP contribution in [0, 0.1) is 0 Å². The molecule has 4 heterocycles. The summed E-state index contributed by atoms with van der Waals surface area (Å²) in [4.78, 5) is 50.2. The van der Waals surface area contributed by atoms with Crippen molar-refractivity contribution in [2.24, 2.45) is 0 Å². The molecule has 10 heteroatoms. The Labute approximate surface area is 663 Å². The maximum absolute atomic E-state index is 5.16. The summed E-state index contributed by atoms with van der Waals surface area (Å²) in [6, 6.07) is 130. The van der Waals surface area contributed by atoms with Crippen LogP contribution in [-0.4, -0.2) is 49.8 Å². The molecule has 0 amide bonds. The Morgan fingerprint density at radius 3 is 0.711 bits per heavy atom. The smallest absolute Gasteiger partial charge is 0.164 e. The number of fused-ring (bicyclic) bond motifs is 6. The van der Waals surface area contributed by atoms with Gasteiger partial charge in [0.05, 0.1) is 22.8 Å². The summed E-state index contributed by atoms with van der Waals surface area (Å²) in [6.07, 6.45) is 0. The zero-order valence-electron chi connectivity index (χ0n) is 63.3. The molecule has 540 valence electrons. The van der Waals surface area contributed by atoms with Crippen LogP contribution in [0.15, 0.2) is 376 Å². The number of hydrogen-bond donors (Lipinski definition) is 0. The van der Waals surface area contributed by atoms with Gasteiger partial charge in [-0.3, -0.25) is 0 Å². The molecule has 0 N–H and O–H groups in total. The largest absolute Gasteiger partial charge is 0.228 e. The molecule has 0 spiro atoms. The minimum Gasteiger partial charge on any atom is -0.228 e. The van der Waals surface area contributed by atoms with Crippen LogP contribution < -0.4 is 0 Å². The Bertz CT molecular complexity index is 6500. The second-order valence-corrected chi connectivity index (χ2v) is 29.9. The van der Waals surface area contributed by atoms with Crippen molar-refractivity contribution in [3.63, 3.8) is 0 Å². The molecule has 18 aromatic rings. The second-order valence-electron chi connectivity index (χ2n) is 29.9. The molecule has 0 atom stereocenters. The van der Waals surface area contributed by atoms with E-state index in [9.17, 15) is 0 Å². The molecule has 2 aliphatic carbocycles. The maximum atomic E-state index is 5.16. The SMILES string of the molecule is CC1(C)c2ccccc2-c2ccc(-c3cc(-c4cccc(-c5ccc(-c6nc(-c7ccccc7)nc(-c7ccccc7)n6)cc5)c4)nc(-c4ccccc4)n3)cc21.CC1(C)c2ccccc2-c2ccc(-c3nc(-c4ccccc4)nc(-c4ccc(-c5cccc(-c6cc(-c7ccccc7)nc(-c7ccccc7)n6)c5)cc4)n3)cc21. The van der Waals surface area contributed by atoms with Crippen molar-refractivity contribution in [3.8, 4) is 181 Å². The predicted octanol–water partition coefficient (Wildman–Crippen LogP) is 25.3. The van der Waals surface area contributed by atoms with Gasteiger partial charge in [0.15, 0.2) is 46.6 Å². The summed E-state index contributed by atoms with van der Waals surface area (Å²) in [5.74, 6) is 5.23. The minimum atomic E-state index is -0.130. The molecule has 0 aliphatic heterocycles. The van der Waals surface area contributed by atoms with Crippen molar-refractivity contribution in [2.75, 3.05) is 0 Å². The van der Waals surface area contributed by atoms with Crippen molar-refractivity contribution >= 4 is 0 Å². The highest BCUT2D eigenvalue weighted by atomic mass is 15.0. The van der Waals surface area contributed by atoms with Crippen molar-refractivity contribution in [1.29, 1.82) is 0 Å². The summed E-state index contributed by atoms with van der Waals surface area (Å²) in [6.45, 7) is 9.22. The molecule has 0 saturated carbocycles. The van der Waals surface area contributed by atoms with Crippen LogP contribution in [0.25, 0.3) is 181 Å². The molecule has 10 nitrogen and oxygen atoms in total. The van der Waals surface area contributed by atoms with Gasteiger partial charge in [-0.05, 0) is 103 Å². The van der Waals surface area contributed by atoms with Gasteiger partial charge in [0, 0.05) is 77.6 Å². The zero-order valence-corrected chi connectivity index (χ0v) is 63.3. The van der Waals surface area contributed by atoms with E-state index >= 15 is 0 Å². The van der Waals surface area contributed by atoms with Gasteiger partial charge >= 0.3 is 0 Å². The van der Waals surface area contributed by atoms with E-state index in [-0.39, 0.29) is 10.8 Å². The van der Waals surface area contributed by atoms with Gasteiger partial charge in [0.1, 0.15) is 0 Å². The van der Waals surface area contributed by atoms with Crippen molar-refractivity contribution in [1.82, 2.24) is 49.8 Å². The van der Waals surface area contributed by atoms with Crippen molar-refractivity contribution in [2.45, 2.75) is 38.5 Å². The zero-order chi connectivity index (χ0) is 76.7. The average Bonchev–Trinajstić information content (AvgIpc) is 1.58.